The van der Waals surface area contributed by atoms with E-state index in [1.54, 1.807) is 0 Å². The third-order valence-corrected chi connectivity index (χ3v) is 3.21. The van der Waals surface area contributed by atoms with E-state index in [9.17, 15) is 0 Å². The first-order chi connectivity index (χ1) is 6.65. The third kappa shape index (κ3) is 3.00. The zero-order valence-electron chi connectivity index (χ0n) is 8.55. The van der Waals surface area contributed by atoms with Gasteiger partial charge < -0.3 is 10.4 Å². The average molecular weight is 258 g/mol. The van der Waals surface area contributed by atoms with Gasteiger partial charge in [-0.1, -0.05) is 12.1 Å². The highest BCUT2D eigenvalue weighted by molar-refractivity contribution is 9.10. The van der Waals surface area contributed by atoms with Crippen LogP contribution >= 0.6 is 15.9 Å². The largest absolute Gasteiger partial charge is 0.396 e. The van der Waals surface area contributed by atoms with E-state index >= 15 is 0 Å². The Labute approximate surface area is 93.5 Å². The zero-order valence-corrected chi connectivity index (χ0v) is 10.1. The molecule has 0 radical (unpaired) electrons. The summed E-state index contributed by atoms with van der Waals surface area (Å²) in [6, 6.07) is 6.41. The molecule has 0 amide bonds. The molecule has 0 heterocycles. The van der Waals surface area contributed by atoms with Crippen LogP contribution in [0.5, 0.6) is 0 Å². The zero-order chi connectivity index (χ0) is 10.6. The Balaban J connectivity index is 2.71. The fourth-order valence-corrected chi connectivity index (χ4v) is 1.67. The van der Waals surface area contributed by atoms with Crippen molar-refractivity contribution in [2.24, 2.45) is 0 Å². The van der Waals surface area contributed by atoms with Crippen molar-refractivity contribution in [3.63, 3.8) is 0 Å². The van der Waals surface area contributed by atoms with Gasteiger partial charge in [0.05, 0.1) is 0 Å². The van der Waals surface area contributed by atoms with Crippen molar-refractivity contribution in [1.29, 1.82) is 0 Å². The lowest BCUT2D eigenvalue weighted by molar-refractivity contribution is 0.282. The van der Waals surface area contributed by atoms with Crippen LogP contribution in [0.3, 0.4) is 0 Å². The van der Waals surface area contributed by atoms with Gasteiger partial charge in [0, 0.05) is 22.8 Å². The predicted octanol–water partition coefficient (Wildman–Crippen LogP) is 2.94. The van der Waals surface area contributed by atoms with Crippen LogP contribution < -0.4 is 5.32 Å². The van der Waals surface area contributed by atoms with E-state index in [0.29, 0.717) is 0 Å². The van der Waals surface area contributed by atoms with Crippen LogP contribution in [0.2, 0.25) is 0 Å². The normalized spacial score (nSPS) is 12.6. The van der Waals surface area contributed by atoms with Crippen molar-refractivity contribution >= 4 is 21.6 Å². The number of aliphatic hydroxyl groups excluding tert-OH is 1. The van der Waals surface area contributed by atoms with Gasteiger partial charge in [-0.25, -0.2) is 0 Å². The molecule has 1 aromatic carbocycles. The van der Waals surface area contributed by atoms with E-state index < -0.39 is 0 Å². The van der Waals surface area contributed by atoms with E-state index in [2.05, 4.69) is 41.2 Å². The number of aliphatic hydroxyl groups is 1. The Morgan fingerprint density at radius 1 is 1.50 bits per heavy atom. The minimum Gasteiger partial charge on any atom is -0.396 e. The lowest BCUT2D eigenvalue weighted by Crippen LogP contribution is -2.16. The summed E-state index contributed by atoms with van der Waals surface area (Å²) in [6.45, 7) is 4.34. The molecule has 0 spiro atoms. The first kappa shape index (κ1) is 11.5. The Hall–Kier alpha value is -0.540. The van der Waals surface area contributed by atoms with Crippen LogP contribution in [-0.2, 0) is 0 Å². The Kier molecular flexibility index (Phi) is 4.42. The van der Waals surface area contributed by atoms with E-state index in [1.165, 1.54) is 5.56 Å². The second kappa shape index (κ2) is 5.37. The molecule has 0 aliphatic carbocycles. The molecule has 14 heavy (non-hydrogen) atoms. The number of aryl methyl sites for hydroxylation is 1. The van der Waals surface area contributed by atoms with Gasteiger partial charge in [0.1, 0.15) is 0 Å². The van der Waals surface area contributed by atoms with Crippen molar-refractivity contribution in [1.82, 2.24) is 0 Å². The minimum absolute atomic E-state index is 0.220. The number of hydrogen-bond donors (Lipinski definition) is 2. The molecule has 2 N–H and O–H groups in total. The van der Waals surface area contributed by atoms with Crippen LogP contribution in [0.25, 0.3) is 0 Å². The summed E-state index contributed by atoms with van der Waals surface area (Å²) in [5.74, 6) is 0. The number of halogens is 1. The van der Waals surface area contributed by atoms with Gasteiger partial charge in [0.25, 0.3) is 0 Å². The molecule has 0 bridgehead atoms. The molecule has 0 aliphatic heterocycles. The molecular formula is C11H16BrNO. The smallest absolute Gasteiger partial charge is 0.0489 e. The van der Waals surface area contributed by atoms with Crippen molar-refractivity contribution in [3.05, 3.63) is 28.2 Å². The van der Waals surface area contributed by atoms with E-state index in [0.717, 1.165) is 16.6 Å². The van der Waals surface area contributed by atoms with Crippen LogP contribution in [0, 0.1) is 6.92 Å². The summed E-state index contributed by atoms with van der Waals surface area (Å²) in [4.78, 5) is 0. The predicted molar refractivity (Wildman–Crippen MR) is 63.7 cm³/mol. The van der Waals surface area contributed by atoms with Crippen LogP contribution in [-0.4, -0.2) is 17.8 Å². The topological polar surface area (TPSA) is 32.3 Å². The summed E-state index contributed by atoms with van der Waals surface area (Å²) in [6.07, 6.45) is 0.764. The molecule has 1 atom stereocenters. The average Bonchev–Trinajstić information content (AvgIpc) is 2.13. The summed E-state index contributed by atoms with van der Waals surface area (Å²) in [7, 11) is 0. The first-order valence-electron chi connectivity index (χ1n) is 4.77. The molecule has 78 valence electrons. The molecule has 3 heteroatoms. The monoisotopic (exact) mass is 257 g/mol. The van der Waals surface area contributed by atoms with Crippen molar-refractivity contribution in [2.75, 3.05) is 11.9 Å². The van der Waals surface area contributed by atoms with Gasteiger partial charge >= 0.3 is 0 Å². The third-order valence-electron chi connectivity index (χ3n) is 2.16. The standard InChI is InChI=1S/C11H16BrNO/c1-8-4-3-5-10(11(8)12)13-9(2)6-7-14/h3-5,9,13-14H,6-7H2,1-2H3. The van der Waals surface area contributed by atoms with Gasteiger partial charge in [-0.3, -0.25) is 0 Å². The van der Waals surface area contributed by atoms with Crippen LogP contribution in [0.4, 0.5) is 5.69 Å². The lowest BCUT2D eigenvalue weighted by Gasteiger charge is -2.16. The number of nitrogens with one attached hydrogen (secondary N) is 1. The van der Waals surface area contributed by atoms with E-state index in [4.69, 9.17) is 5.11 Å². The Bertz CT molecular complexity index is 301. The molecule has 2 nitrogen and oxygen atoms in total. The maximum atomic E-state index is 8.79. The number of benzene rings is 1. The Morgan fingerprint density at radius 3 is 2.86 bits per heavy atom. The van der Waals surface area contributed by atoms with Crippen LogP contribution in [0.15, 0.2) is 22.7 Å². The fourth-order valence-electron chi connectivity index (χ4n) is 1.29. The van der Waals surface area contributed by atoms with Crippen molar-refractivity contribution in [3.8, 4) is 0 Å². The maximum Gasteiger partial charge on any atom is 0.0489 e. The summed E-state index contributed by atoms with van der Waals surface area (Å²) < 4.78 is 1.10. The van der Waals surface area contributed by atoms with Crippen LogP contribution in [0.1, 0.15) is 18.9 Å². The fraction of sp³-hybridized carbons (Fsp3) is 0.455. The second-order valence-electron chi connectivity index (χ2n) is 3.49. The molecule has 0 aliphatic rings. The SMILES string of the molecule is Cc1cccc(NC(C)CCO)c1Br. The molecule has 0 saturated carbocycles. The number of anilines is 1. The summed E-state index contributed by atoms with van der Waals surface area (Å²) in [5.41, 5.74) is 2.30. The van der Waals surface area contributed by atoms with Gasteiger partial charge in [0.15, 0.2) is 0 Å². The highest BCUT2D eigenvalue weighted by atomic mass is 79.9. The minimum atomic E-state index is 0.220. The first-order valence-corrected chi connectivity index (χ1v) is 5.57. The molecule has 0 aromatic heterocycles. The van der Waals surface area contributed by atoms with E-state index in [-0.39, 0.29) is 12.6 Å². The highest BCUT2D eigenvalue weighted by Gasteiger charge is 2.05. The van der Waals surface area contributed by atoms with E-state index in [1.807, 2.05) is 12.1 Å². The molecule has 0 saturated heterocycles. The highest BCUT2D eigenvalue weighted by Crippen LogP contribution is 2.26. The molecule has 1 aromatic rings. The Morgan fingerprint density at radius 2 is 2.21 bits per heavy atom. The summed E-state index contributed by atoms with van der Waals surface area (Å²) >= 11 is 3.53. The number of hydrogen-bond acceptors (Lipinski definition) is 2. The molecule has 1 unspecified atom stereocenters. The van der Waals surface area contributed by atoms with Gasteiger partial charge in [-0.05, 0) is 47.8 Å². The lowest BCUT2D eigenvalue weighted by atomic mass is 10.2. The number of rotatable bonds is 4. The molecular weight excluding hydrogens is 242 g/mol. The second-order valence-corrected chi connectivity index (χ2v) is 4.29. The quantitative estimate of drug-likeness (QED) is 0.870. The van der Waals surface area contributed by atoms with Gasteiger partial charge in [-0.15, -0.1) is 0 Å². The molecule has 1 rings (SSSR count). The van der Waals surface area contributed by atoms with Crippen molar-refractivity contribution < 1.29 is 5.11 Å². The van der Waals surface area contributed by atoms with Crippen molar-refractivity contribution in [2.45, 2.75) is 26.3 Å². The van der Waals surface area contributed by atoms with Gasteiger partial charge in [-0.2, -0.15) is 0 Å². The summed E-state index contributed by atoms with van der Waals surface area (Å²) in [5, 5.41) is 12.1. The van der Waals surface area contributed by atoms with Gasteiger partial charge in [0.2, 0.25) is 0 Å². The maximum absolute atomic E-state index is 8.79. The molecule has 0 fully saturated rings.